The molecule has 1 heterocycles. The van der Waals surface area contributed by atoms with Crippen molar-refractivity contribution in [3.63, 3.8) is 0 Å². The first-order valence-electron chi connectivity index (χ1n) is 7.42. The molecular formula is C18H12Cl2N4O2. The molecule has 8 heteroatoms. The van der Waals surface area contributed by atoms with Gasteiger partial charge in [-0.05, 0) is 42.5 Å². The normalized spacial score (nSPS) is 10.2. The highest BCUT2D eigenvalue weighted by molar-refractivity contribution is 6.42. The van der Waals surface area contributed by atoms with Crippen molar-refractivity contribution in [2.45, 2.75) is 0 Å². The standard InChI is InChI=1S/C18H12Cl2N4O2/c1-26-12-5-2-10(3-6-12)16-13(9-21)17(25)24-18(23-16)22-11-4-7-14(19)15(20)8-11/h2-8H,1H3,(H2,22,23,24,25). The van der Waals surface area contributed by atoms with Gasteiger partial charge < -0.3 is 10.1 Å². The van der Waals surface area contributed by atoms with Crippen LogP contribution in [0.15, 0.2) is 47.3 Å². The molecule has 0 saturated heterocycles. The Bertz CT molecular complexity index is 1060. The zero-order chi connectivity index (χ0) is 18.7. The summed E-state index contributed by atoms with van der Waals surface area (Å²) in [5, 5.41) is 13.1. The van der Waals surface area contributed by atoms with Crippen LogP contribution in [-0.2, 0) is 0 Å². The minimum Gasteiger partial charge on any atom is -0.497 e. The van der Waals surface area contributed by atoms with E-state index in [4.69, 9.17) is 27.9 Å². The van der Waals surface area contributed by atoms with Crippen molar-refractivity contribution in [1.29, 1.82) is 5.26 Å². The molecule has 130 valence electrons. The van der Waals surface area contributed by atoms with Gasteiger partial charge in [0.05, 0.1) is 22.8 Å². The second kappa shape index (κ2) is 7.48. The van der Waals surface area contributed by atoms with Gasteiger partial charge in [0.25, 0.3) is 5.56 Å². The predicted molar refractivity (Wildman–Crippen MR) is 101 cm³/mol. The van der Waals surface area contributed by atoms with Gasteiger partial charge in [-0.3, -0.25) is 9.78 Å². The van der Waals surface area contributed by atoms with Gasteiger partial charge in [0, 0.05) is 11.3 Å². The molecule has 0 aliphatic heterocycles. The summed E-state index contributed by atoms with van der Waals surface area (Å²) < 4.78 is 5.12. The smallest absolute Gasteiger partial charge is 0.270 e. The molecule has 0 saturated carbocycles. The lowest BCUT2D eigenvalue weighted by molar-refractivity contribution is 0.415. The number of rotatable bonds is 4. The second-order valence-electron chi connectivity index (χ2n) is 5.23. The van der Waals surface area contributed by atoms with E-state index in [2.05, 4.69) is 15.3 Å². The van der Waals surface area contributed by atoms with Crippen LogP contribution in [0.5, 0.6) is 5.75 Å². The van der Waals surface area contributed by atoms with Crippen molar-refractivity contribution >= 4 is 34.8 Å². The maximum absolute atomic E-state index is 12.3. The Labute approximate surface area is 159 Å². The number of methoxy groups -OCH3 is 1. The Morgan fingerprint density at radius 2 is 1.88 bits per heavy atom. The molecule has 0 amide bonds. The highest BCUT2D eigenvalue weighted by atomic mass is 35.5. The van der Waals surface area contributed by atoms with Gasteiger partial charge in [-0.15, -0.1) is 0 Å². The van der Waals surface area contributed by atoms with Crippen LogP contribution in [0.2, 0.25) is 10.0 Å². The number of halogens is 2. The Morgan fingerprint density at radius 1 is 1.15 bits per heavy atom. The van der Waals surface area contributed by atoms with Crippen molar-refractivity contribution in [2.24, 2.45) is 0 Å². The third-order valence-electron chi connectivity index (χ3n) is 3.58. The molecule has 3 aromatic rings. The fourth-order valence-corrected chi connectivity index (χ4v) is 2.60. The molecule has 0 unspecified atom stereocenters. The molecule has 6 nitrogen and oxygen atoms in total. The molecule has 2 N–H and O–H groups in total. The summed E-state index contributed by atoms with van der Waals surface area (Å²) in [6.45, 7) is 0. The lowest BCUT2D eigenvalue weighted by atomic mass is 10.1. The zero-order valence-corrected chi connectivity index (χ0v) is 15.0. The van der Waals surface area contributed by atoms with Gasteiger partial charge in [0.15, 0.2) is 0 Å². The number of nitrogens with one attached hydrogen (secondary N) is 2. The van der Waals surface area contributed by atoms with E-state index in [1.807, 2.05) is 6.07 Å². The number of anilines is 2. The lowest BCUT2D eigenvalue weighted by Gasteiger charge is -2.10. The molecule has 0 radical (unpaired) electrons. The van der Waals surface area contributed by atoms with Gasteiger partial charge in [-0.1, -0.05) is 23.2 Å². The van der Waals surface area contributed by atoms with Crippen LogP contribution in [0.1, 0.15) is 5.56 Å². The number of aromatic amines is 1. The summed E-state index contributed by atoms with van der Waals surface area (Å²) in [5.41, 5.74) is 0.853. The van der Waals surface area contributed by atoms with Crippen LogP contribution < -0.4 is 15.6 Å². The fourth-order valence-electron chi connectivity index (χ4n) is 2.30. The average Bonchev–Trinajstić information content (AvgIpc) is 2.64. The van der Waals surface area contributed by atoms with Crippen molar-refractivity contribution in [3.05, 3.63) is 68.4 Å². The van der Waals surface area contributed by atoms with Crippen molar-refractivity contribution in [3.8, 4) is 23.1 Å². The zero-order valence-electron chi connectivity index (χ0n) is 13.5. The number of nitriles is 1. The first-order valence-corrected chi connectivity index (χ1v) is 8.18. The summed E-state index contributed by atoms with van der Waals surface area (Å²) in [6.07, 6.45) is 0. The van der Waals surface area contributed by atoms with E-state index in [0.29, 0.717) is 27.0 Å². The minimum atomic E-state index is -0.545. The summed E-state index contributed by atoms with van der Waals surface area (Å²) >= 11 is 11.9. The van der Waals surface area contributed by atoms with E-state index < -0.39 is 5.56 Å². The fraction of sp³-hybridized carbons (Fsp3) is 0.0556. The van der Waals surface area contributed by atoms with Crippen molar-refractivity contribution in [1.82, 2.24) is 9.97 Å². The van der Waals surface area contributed by atoms with Gasteiger partial charge in [-0.25, -0.2) is 4.98 Å². The number of aromatic nitrogens is 2. The molecule has 26 heavy (non-hydrogen) atoms. The van der Waals surface area contributed by atoms with Gasteiger partial charge in [-0.2, -0.15) is 5.26 Å². The average molecular weight is 387 g/mol. The molecule has 2 aromatic carbocycles. The first-order chi connectivity index (χ1) is 12.5. The number of nitrogens with zero attached hydrogens (tertiary/aromatic N) is 2. The van der Waals surface area contributed by atoms with E-state index in [0.717, 1.165) is 0 Å². The molecule has 0 aliphatic carbocycles. The molecule has 0 spiro atoms. The van der Waals surface area contributed by atoms with Crippen LogP contribution in [-0.4, -0.2) is 17.1 Å². The maximum Gasteiger partial charge on any atom is 0.270 e. The molecular weight excluding hydrogens is 375 g/mol. The van der Waals surface area contributed by atoms with E-state index >= 15 is 0 Å². The van der Waals surface area contributed by atoms with Crippen molar-refractivity contribution < 1.29 is 4.74 Å². The van der Waals surface area contributed by atoms with E-state index in [1.165, 1.54) is 0 Å². The van der Waals surface area contributed by atoms with Crippen LogP contribution in [0.25, 0.3) is 11.3 Å². The summed E-state index contributed by atoms with van der Waals surface area (Å²) in [6, 6.07) is 13.7. The van der Waals surface area contributed by atoms with Gasteiger partial charge in [0.2, 0.25) is 5.95 Å². The quantitative estimate of drug-likeness (QED) is 0.694. The largest absolute Gasteiger partial charge is 0.497 e. The predicted octanol–water partition coefficient (Wildman–Crippen LogP) is 4.37. The topological polar surface area (TPSA) is 90.8 Å². The summed E-state index contributed by atoms with van der Waals surface area (Å²) in [5.74, 6) is 0.837. The SMILES string of the molecule is COc1ccc(-c2nc(Nc3ccc(Cl)c(Cl)c3)[nH]c(=O)c2C#N)cc1. The summed E-state index contributed by atoms with van der Waals surface area (Å²) in [4.78, 5) is 19.2. The van der Waals surface area contributed by atoms with Gasteiger partial charge in [0.1, 0.15) is 17.4 Å². The first kappa shape index (κ1) is 17.8. The molecule has 0 fully saturated rings. The molecule has 0 bridgehead atoms. The van der Waals surface area contributed by atoms with Crippen LogP contribution in [0.3, 0.4) is 0 Å². The second-order valence-corrected chi connectivity index (χ2v) is 6.05. The third kappa shape index (κ3) is 3.64. The number of hydrogen-bond donors (Lipinski definition) is 2. The van der Waals surface area contributed by atoms with E-state index in [9.17, 15) is 10.1 Å². The van der Waals surface area contributed by atoms with E-state index in [1.54, 1.807) is 49.6 Å². The number of H-pyrrole nitrogens is 1. The highest BCUT2D eigenvalue weighted by Crippen LogP contribution is 2.27. The highest BCUT2D eigenvalue weighted by Gasteiger charge is 2.14. The van der Waals surface area contributed by atoms with Crippen LogP contribution in [0.4, 0.5) is 11.6 Å². The van der Waals surface area contributed by atoms with E-state index in [-0.39, 0.29) is 17.2 Å². The molecule has 3 rings (SSSR count). The van der Waals surface area contributed by atoms with Crippen LogP contribution in [0, 0.1) is 11.3 Å². The van der Waals surface area contributed by atoms with Crippen molar-refractivity contribution in [2.75, 3.05) is 12.4 Å². The molecule has 1 aromatic heterocycles. The number of benzene rings is 2. The molecule has 0 aliphatic rings. The lowest BCUT2D eigenvalue weighted by Crippen LogP contribution is -2.16. The third-order valence-corrected chi connectivity index (χ3v) is 4.32. The maximum atomic E-state index is 12.3. The number of ether oxygens (including phenoxy) is 1. The van der Waals surface area contributed by atoms with Crippen LogP contribution >= 0.6 is 23.2 Å². The summed E-state index contributed by atoms with van der Waals surface area (Å²) in [7, 11) is 1.56. The Kier molecular flexibility index (Phi) is 5.12. The minimum absolute atomic E-state index is 0.0742. The molecule has 0 atom stereocenters. The Morgan fingerprint density at radius 3 is 2.50 bits per heavy atom. The Balaban J connectivity index is 2.05. The van der Waals surface area contributed by atoms with Gasteiger partial charge >= 0.3 is 0 Å². The number of hydrogen-bond acceptors (Lipinski definition) is 5. The Hall–Kier alpha value is -3.01. The monoisotopic (exact) mass is 386 g/mol.